The van der Waals surface area contributed by atoms with Gasteiger partial charge in [-0.2, -0.15) is 13.2 Å². The lowest BCUT2D eigenvalue weighted by Crippen LogP contribution is -2.12. The van der Waals surface area contributed by atoms with Gasteiger partial charge in [-0.25, -0.2) is 8.78 Å². The van der Waals surface area contributed by atoms with E-state index in [0.29, 0.717) is 17.6 Å². The third-order valence-electron chi connectivity index (χ3n) is 4.25. The zero-order chi connectivity index (χ0) is 17.0. The Morgan fingerprint density at radius 3 is 2.04 bits per heavy atom. The van der Waals surface area contributed by atoms with Crippen LogP contribution >= 0.6 is 0 Å². The number of rotatable bonds is 3. The van der Waals surface area contributed by atoms with Crippen LogP contribution in [0.5, 0.6) is 0 Å². The molecule has 23 heavy (non-hydrogen) atoms. The van der Waals surface area contributed by atoms with Crippen LogP contribution in [-0.4, -0.2) is 6.18 Å². The molecule has 0 aliphatic heterocycles. The molecule has 0 heterocycles. The number of hydrogen-bond acceptors (Lipinski definition) is 0. The van der Waals surface area contributed by atoms with Crippen molar-refractivity contribution in [2.75, 3.05) is 0 Å². The molecule has 1 aliphatic carbocycles. The predicted molar refractivity (Wildman–Crippen MR) is 81.0 cm³/mol. The molecule has 1 aliphatic rings. The van der Waals surface area contributed by atoms with Crippen molar-refractivity contribution in [1.29, 1.82) is 0 Å². The highest BCUT2D eigenvalue weighted by atomic mass is 19.4. The molecule has 0 spiro atoms. The molecule has 1 saturated carbocycles. The Balaban J connectivity index is 2.16. The Morgan fingerprint density at radius 2 is 1.57 bits per heavy atom. The molecule has 0 aromatic heterocycles. The minimum Gasteiger partial charge on any atom is -0.206 e. The second kappa shape index (κ2) is 7.28. The molecule has 1 aromatic rings. The second-order valence-electron chi connectivity index (χ2n) is 5.91. The summed E-state index contributed by atoms with van der Waals surface area (Å²) < 4.78 is 64.3. The number of benzene rings is 1. The van der Waals surface area contributed by atoms with Crippen LogP contribution in [0.3, 0.4) is 0 Å². The Labute approximate surface area is 132 Å². The Bertz CT molecular complexity index is 567. The standard InChI is InChI=1S/C18H19F5/c1-2-3-12-4-6-13(7-5-12)14-10-16(19)15(17(20)11-14)8-9-18(21,22)23/h2-3,8-13H,4-7H2,1H3/b3-2+,9-8+. The van der Waals surface area contributed by atoms with Gasteiger partial charge in [-0.05, 0) is 68.2 Å². The van der Waals surface area contributed by atoms with Gasteiger partial charge in [0, 0.05) is 11.6 Å². The highest BCUT2D eigenvalue weighted by molar-refractivity contribution is 5.52. The van der Waals surface area contributed by atoms with Gasteiger partial charge in [-0.15, -0.1) is 0 Å². The van der Waals surface area contributed by atoms with Crippen molar-refractivity contribution < 1.29 is 22.0 Å². The third-order valence-corrected chi connectivity index (χ3v) is 4.25. The normalized spacial score (nSPS) is 23.0. The number of allylic oxidation sites excluding steroid dienone is 3. The van der Waals surface area contributed by atoms with Crippen molar-refractivity contribution in [1.82, 2.24) is 0 Å². The van der Waals surface area contributed by atoms with E-state index in [0.717, 1.165) is 25.7 Å². The lowest BCUT2D eigenvalue weighted by Gasteiger charge is -2.27. The first-order chi connectivity index (χ1) is 10.8. The molecule has 1 fully saturated rings. The van der Waals surface area contributed by atoms with E-state index in [-0.39, 0.29) is 12.0 Å². The van der Waals surface area contributed by atoms with Crippen LogP contribution in [-0.2, 0) is 0 Å². The number of alkyl halides is 3. The Hall–Kier alpha value is -1.65. The molecule has 0 N–H and O–H groups in total. The smallest absolute Gasteiger partial charge is 0.206 e. The lowest BCUT2D eigenvalue weighted by molar-refractivity contribution is -0.0790. The van der Waals surface area contributed by atoms with E-state index in [1.165, 1.54) is 12.1 Å². The monoisotopic (exact) mass is 330 g/mol. The predicted octanol–water partition coefficient (Wildman–Crippen LogP) is 6.39. The first-order valence-corrected chi connectivity index (χ1v) is 7.68. The molecule has 5 heteroatoms. The molecular formula is C18H19F5. The highest BCUT2D eigenvalue weighted by Gasteiger charge is 2.24. The maximum atomic E-state index is 14.0. The summed E-state index contributed by atoms with van der Waals surface area (Å²) in [7, 11) is 0. The number of hydrogen-bond donors (Lipinski definition) is 0. The van der Waals surface area contributed by atoms with Crippen molar-refractivity contribution in [2.45, 2.75) is 44.7 Å². The van der Waals surface area contributed by atoms with Crippen LogP contribution in [0.25, 0.3) is 6.08 Å². The SMILES string of the molecule is C/C=C/C1CCC(c2cc(F)c(/C=C/C(F)(F)F)c(F)c2)CC1. The van der Waals surface area contributed by atoms with E-state index in [1.807, 2.05) is 13.0 Å². The van der Waals surface area contributed by atoms with Gasteiger partial charge >= 0.3 is 6.18 Å². The van der Waals surface area contributed by atoms with Crippen molar-refractivity contribution in [2.24, 2.45) is 5.92 Å². The molecule has 1 aromatic carbocycles. The summed E-state index contributed by atoms with van der Waals surface area (Å²) in [5, 5.41) is 0. The van der Waals surface area contributed by atoms with Gasteiger partial charge in [0.05, 0.1) is 0 Å². The van der Waals surface area contributed by atoms with E-state index in [1.54, 1.807) is 0 Å². The molecule has 0 radical (unpaired) electrons. The summed E-state index contributed by atoms with van der Waals surface area (Å²) in [4.78, 5) is 0. The van der Waals surface area contributed by atoms with Crippen molar-refractivity contribution in [3.8, 4) is 0 Å². The van der Waals surface area contributed by atoms with E-state index in [9.17, 15) is 22.0 Å². The van der Waals surface area contributed by atoms with Crippen LogP contribution in [0.2, 0.25) is 0 Å². The van der Waals surface area contributed by atoms with E-state index >= 15 is 0 Å². The maximum Gasteiger partial charge on any atom is 0.409 e. The first-order valence-electron chi connectivity index (χ1n) is 7.68. The minimum atomic E-state index is -4.59. The van der Waals surface area contributed by atoms with Gasteiger partial charge < -0.3 is 0 Å². The number of halogens is 5. The van der Waals surface area contributed by atoms with Gasteiger partial charge in [0.2, 0.25) is 0 Å². The average Bonchev–Trinajstić information content (AvgIpc) is 2.46. The minimum absolute atomic E-state index is 0.0566. The van der Waals surface area contributed by atoms with Crippen molar-refractivity contribution >= 4 is 6.08 Å². The lowest BCUT2D eigenvalue weighted by atomic mass is 9.78. The molecule has 0 unspecified atom stereocenters. The van der Waals surface area contributed by atoms with Gasteiger partial charge in [0.25, 0.3) is 0 Å². The fraction of sp³-hybridized carbons (Fsp3) is 0.444. The highest BCUT2D eigenvalue weighted by Crippen LogP contribution is 2.37. The van der Waals surface area contributed by atoms with Crippen molar-refractivity contribution in [3.63, 3.8) is 0 Å². The molecule has 0 atom stereocenters. The fourth-order valence-electron chi connectivity index (χ4n) is 3.09. The van der Waals surface area contributed by atoms with Gasteiger partial charge in [0.1, 0.15) is 11.6 Å². The summed E-state index contributed by atoms with van der Waals surface area (Å²) in [6, 6.07) is 2.33. The van der Waals surface area contributed by atoms with Crippen LogP contribution in [0.4, 0.5) is 22.0 Å². The summed E-state index contributed by atoms with van der Waals surface area (Å²) in [5.41, 5.74) is -0.114. The van der Waals surface area contributed by atoms with Crippen LogP contribution in [0.15, 0.2) is 30.4 Å². The zero-order valence-corrected chi connectivity index (χ0v) is 12.8. The van der Waals surface area contributed by atoms with Gasteiger partial charge in [-0.3, -0.25) is 0 Å². The topological polar surface area (TPSA) is 0 Å². The molecule has 2 rings (SSSR count). The van der Waals surface area contributed by atoms with E-state index in [2.05, 4.69) is 6.08 Å². The molecule has 0 bridgehead atoms. The zero-order valence-electron chi connectivity index (χ0n) is 12.8. The van der Waals surface area contributed by atoms with Crippen LogP contribution < -0.4 is 0 Å². The average molecular weight is 330 g/mol. The van der Waals surface area contributed by atoms with Gasteiger partial charge in [-0.1, -0.05) is 12.2 Å². The largest absolute Gasteiger partial charge is 0.409 e. The Morgan fingerprint density at radius 1 is 1.00 bits per heavy atom. The van der Waals surface area contributed by atoms with Crippen molar-refractivity contribution in [3.05, 3.63) is 53.1 Å². The summed E-state index contributed by atoms with van der Waals surface area (Å²) in [6.45, 7) is 1.96. The fourth-order valence-corrected chi connectivity index (χ4v) is 3.09. The summed E-state index contributed by atoms with van der Waals surface area (Å²) in [6.07, 6.45) is 3.39. The second-order valence-corrected chi connectivity index (χ2v) is 5.91. The van der Waals surface area contributed by atoms with E-state index in [4.69, 9.17) is 0 Å². The third kappa shape index (κ3) is 4.91. The van der Waals surface area contributed by atoms with Crippen LogP contribution in [0.1, 0.15) is 49.7 Å². The molecule has 0 amide bonds. The Kier molecular flexibility index (Phi) is 5.60. The van der Waals surface area contributed by atoms with Gasteiger partial charge in [0.15, 0.2) is 0 Å². The summed E-state index contributed by atoms with van der Waals surface area (Å²) >= 11 is 0. The molecule has 0 nitrogen and oxygen atoms in total. The maximum absolute atomic E-state index is 14.0. The molecule has 0 saturated heterocycles. The van der Waals surface area contributed by atoms with Crippen LogP contribution in [0, 0.1) is 17.6 Å². The first kappa shape index (κ1) is 17.7. The quantitative estimate of drug-likeness (QED) is 0.445. The van der Waals surface area contributed by atoms with E-state index < -0.39 is 23.4 Å². The molecule has 126 valence electrons. The molecular weight excluding hydrogens is 311 g/mol. The summed E-state index contributed by atoms with van der Waals surface area (Å²) in [5.74, 6) is -1.34.